The minimum absolute atomic E-state index is 0.000385. The number of nitrogens with one attached hydrogen (secondary N) is 1. The smallest absolute Gasteiger partial charge is 0.471 e. The number of fused-ring (bicyclic) bond motifs is 1. The van der Waals surface area contributed by atoms with Crippen LogP contribution in [-0.4, -0.2) is 61.1 Å². The Kier molecular flexibility index (Phi) is 8.06. The van der Waals surface area contributed by atoms with Crippen LogP contribution in [-0.2, 0) is 16.1 Å². The van der Waals surface area contributed by atoms with Crippen LogP contribution in [0.3, 0.4) is 0 Å². The Morgan fingerprint density at radius 3 is 2.54 bits per heavy atom. The van der Waals surface area contributed by atoms with Gasteiger partial charge in [-0.05, 0) is 41.0 Å². The van der Waals surface area contributed by atoms with Gasteiger partial charge in [-0.2, -0.15) is 18.4 Å². The fourth-order valence-electron chi connectivity index (χ4n) is 4.96. The zero-order chi connectivity index (χ0) is 28.3. The van der Waals surface area contributed by atoms with E-state index in [1.807, 2.05) is 29.6 Å². The maximum atomic E-state index is 13.9. The van der Waals surface area contributed by atoms with Crippen molar-refractivity contribution >= 4 is 22.6 Å². The first-order valence-corrected chi connectivity index (χ1v) is 12.1. The van der Waals surface area contributed by atoms with Crippen LogP contribution < -0.4 is 10.1 Å². The molecule has 0 radical (unpaired) electrons. The van der Waals surface area contributed by atoms with E-state index in [-0.39, 0.29) is 26.1 Å². The van der Waals surface area contributed by atoms with Crippen LogP contribution in [0, 0.1) is 17.1 Å². The van der Waals surface area contributed by atoms with Crippen LogP contribution in [0.2, 0.25) is 0 Å². The molecule has 3 aromatic rings. The third-order valence-electron chi connectivity index (χ3n) is 6.80. The highest BCUT2D eigenvalue weighted by Gasteiger charge is 2.42. The summed E-state index contributed by atoms with van der Waals surface area (Å²) in [5.41, 5.74) is 1.39. The topological polar surface area (TPSA) is 85.7 Å². The Morgan fingerprint density at radius 2 is 1.90 bits per heavy atom. The van der Waals surface area contributed by atoms with Crippen molar-refractivity contribution in [3.05, 3.63) is 77.1 Å². The maximum absolute atomic E-state index is 13.9. The van der Waals surface area contributed by atoms with Gasteiger partial charge in [0.05, 0.1) is 12.7 Å². The number of carbonyl (C=O) groups excluding carboxylic acids is 2. The van der Waals surface area contributed by atoms with Gasteiger partial charge >= 0.3 is 12.1 Å². The summed E-state index contributed by atoms with van der Waals surface area (Å²) in [6, 6.07) is 14.8. The molecule has 1 aliphatic heterocycles. The third-order valence-corrected chi connectivity index (χ3v) is 6.80. The van der Waals surface area contributed by atoms with Gasteiger partial charge < -0.3 is 15.0 Å². The highest BCUT2D eigenvalue weighted by Crippen LogP contribution is 2.34. The molecule has 2 atom stereocenters. The normalized spacial score (nSPS) is 16.5. The number of likely N-dealkylation sites (N-methyl/N-ethyl adjacent to an activating group) is 1. The highest BCUT2D eigenvalue weighted by molar-refractivity contribution is 5.91. The van der Waals surface area contributed by atoms with E-state index in [0.29, 0.717) is 22.4 Å². The lowest BCUT2D eigenvalue weighted by molar-refractivity contribution is -0.174. The van der Waals surface area contributed by atoms with Crippen LogP contribution >= 0.6 is 0 Å². The van der Waals surface area contributed by atoms with Crippen molar-refractivity contribution in [2.75, 3.05) is 27.2 Å². The maximum Gasteiger partial charge on any atom is 0.471 e. The lowest BCUT2D eigenvalue weighted by Crippen LogP contribution is -2.46. The Balaban J connectivity index is 1.65. The molecule has 1 saturated heterocycles. The molecule has 3 aromatic carbocycles. The number of carbonyl (C=O) groups is 2. The molecule has 0 bridgehead atoms. The summed E-state index contributed by atoms with van der Waals surface area (Å²) < 4.78 is 57.6. The first-order valence-electron chi connectivity index (χ1n) is 12.1. The average Bonchev–Trinajstić information content (AvgIpc) is 3.36. The predicted octanol–water partition coefficient (Wildman–Crippen LogP) is 4.31. The van der Waals surface area contributed by atoms with Gasteiger partial charge in [0.25, 0.3) is 0 Å². The number of likely N-dealkylation sites (tertiary alicyclic amines) is 1. The molecule has 1 aliphatic rings. The molecule has 1 fully saturated rings. The number of alkyl halides is 3. The summed E-state index contributed by atoms with van der Waals surface area (Å²) in [6.45, 7) is 0.304. The Labute approximate surface area is 222 Å². The largest absolute Gasteiger partial charge is 0.495 e. The van der Waals surface area contributed by atoms with E-state index in [9.17, 15) is 32.4 Å². The number of hydrogen-bond donors (Lipinski definition) is 1. The van der Waals surface area contributed by atoms with E-state index in [0.717, 1.165) is 10.8 Å². The summed E-state index contributed by atoms with van der Waals surface area (Å²) in [6.07, 6.45) is -4.81. The molecule has 0 aliphatic carbocycles. The summed E-state index contributed by atoms with van der Waals surface area (Å²) >= 11 is 0. The second-order valence-corrected chi connectivity index (χ2v) is 9.37. The zero-order valence-electron chi connectivity index (χ0n) is 21.3. The molecule has 1 heterocycles. The summed E-state index contributed by atoms with van der Waals surface area (Å²) in [5.74, 6) is -2.59. The Morgan fingerprint density at radius 1 is 1.21 bits per heavy atom. The molecule has 1 unspecified atom stereocenters. The number of nitrogens with zero attached hydrogens (tertiary/aromatic N) is 3. The molecular weight excluding hydrogens is 516 g/mol. The predicted molar refractivity (Wildman–Crippen MR) is 135 cm³/mol. The molecule has 1 N–H and O–H groups in total. The highest BCUT2D eigenvalue weighted by atomic mass is 19.4. The third kappa shape index (κ3) is 5.96. The number of amides is 2. The molecule has 7 nitrogen and oxygen atoms in total. The van der Waals surface area contributed by atoms with Crippen molar-refractivity contribution in [1.29, 1.82) is 5.26 Å². The molecule has 0 aromatic heterocycles. The number of methoxy groups -OCH3 is 1. The van der Waals surface area contributed by atoms with Crippen LogP contribution in [0.5, 0.6) is 5.75 Å². The van der Waals surface area contributed by atoms with Gasteiger partial charge in [0.1, 0.15) is 23.7 Å². The standard InChI is InChI=1S/C28H26F4N4O3/c1-35(16-23-22-6-4-3-5-18(22)13-19(14-33)25(23)39-2)26(37)24(17-7-9-20(29)10-8-17)36-12-11-21(15-36)34-27(38)28(30,31)32/h3-10,13,21,24H,11-12,15-16H2,1-2H3,(H,34,38)/t21-,24?/m0/s1. The van der Waals surface area contributed by atoms with Gasteiger partial charge in [-0.3, -0.25) is 14.5 Å². The van der Waals surface area contributed by atoms with E-state index >= 15 is 0 Å². The van der Waals surface area contributed by atoms with Crippen LogP contribution in [0.15, 0.2) is 54.6 Å². The van der Waals surface area contributed by atoms with Crippen LogP contribution in [0.1, 0.15) is 29.2 Å². The van der Waals surface area contributed by atoms with Gasteiger partial charge in [-0.15, -0.1) is 0 Å². The van der Waals surface area contributed by atoms with Crippen molar-refractivity contribution in [3.8, 4) is 11.8 Å². The van der Waals surface area contributed by atoms with Gasteiger partial charge in [0.15, 0.2) is 0 Å². The SMILES string of the molecule is COc1c(C#N)cc2ccccc2c1CN(C)C(=O)C(c1ccc(F)cc1)N1CC[C@H](NC(=O)C(F)(F)F)C1. The number of ether oxygens (including phenoxy) is 1. The molecule has 0 spiro atoms. The second-order valence-electron chi connectivity index (χ2n) is 9.37. The molecule has 204 valence electrons. The Bertz CT molecular complexity index is 1420. The number of rotatable bonds is 7. The number of benzene rings is 3. The number of hydrogen-bond acceptors (Lipinski definition) is 5. The lowest BCUT2D eigenvalue weighted by atomic mass is 9.98. The number of halogens is 4. The fraction of sp³-hybridized carbons (Fsp3) is 0.321. The minimum Gasteiger partial charge on any atom is -0.495 e. The van der Waals surface area contributed by atoms with Crippen LogP contribution in [0.4, 0.5) is 17.6 Å². The quantitative estimate of drug-likeness (QED) is 0.450. The van der Waals surface area contributed by atoms with Crippen molar-refractivity contribution in [2.24, 2.45) is 0 Å². The van der Waals surface area contributed by atoms with E-state index in [2.05, 4.69) is 6.07 Å². The van der Waals surface area contributed by atoms with Crippen molar-refractivity contribution in [2.45, 2.75) is 31.2 Å². The second kappa shape index (κ2) is 11.3. The number of nitriles is 1. The lowest BCUT2D eigenvalue weighted by Gasteiger charge is -2.31. The molecule has 11 heteroatoms. The van der Waals surface area contributed by atoms with Crippen molar-refractivity contribution < 1.29 is 31.9 Å². The average molecular weight is 543 g/mol. The van der Waals surface area contributed by atoms with E-state index in [4.69, 9.17) is 4.74 Å². The van der Waals surface area contributed by atoms with Crippen molar-refractivity contribution in [1.82, 2.24) is 15.1 Å². The fourth-order valence-corrected chi connectivity index (χ4v) is 4.96. The van der Waals surface area contributed by atoms with Crippen LogP contribution in [0.25, 0.3) is 10.8 Å². The monoisotopic (exact) mass is 542 g/mol. The molecule has 2 amide bonds. The van der Waals surface area contributed by atoms with Gasteiger partial charge in [0.2, 0.25) is 5.91 Å². The van der Waals surface area contributed by atoms with Gasteiger partial charge in [-0.1, -0.05) is 36.4 Å². The van der Waals surface area contributed by atoms with Gasteiger partial charge in [0, 0.05) is 38.3 Å². The van der Waals surface area contributed by atoms with E-state index in [1.165, 1.54) is 36.3 Å². The molecule has 39 heavy (non-hydrogen) atoms. The van der Waals surface area contributed by atoms with Crippen molar-refractivity contribution in [3.63, 3.8) is 0 Å². The first-order chi connectivity index (χ1) is 18.5. The van der Waals surface area contributed by atoms with Gasteiger partial charge in [-0.25, -0.2) is 4.39 Å². The molecule has 0 saturated carbocycles. The molecular formula is C28H26F4N4O3. The Hall–Kier alpha value is -4.17. The summed E-state index contributed by atoms with van der Waals surface area (Å²) in [7, 11) is 3.02. The zero-order valence-corrected chi connectivity index (χ0v) is 21.3. The van der Waals surface area contributed by atoms with E-state index in [1.54, 1.807) is 18.0 Å². The minimum atomic E-state index is -5.01. The van der Waals surface area contributed by atoms with E-state index < -0.39 is 35.9 Å². The molecule has 4 rings (SSSR count). The summed E-state index contributed by atoms with van der Waals surface area (Å²) in [5, 5.41) is 13.2. The summed E-state index contributed by atoms with van der Waals surface area (Å²) in [4.78, 5) is 28.5. The first kappa shape index (κ1) is 27.9.